The van der Waals surface area contributed by atoms with E-state index in [0.717, 1.165) is 5.75 Å². The fraction of sp³-hybridized carbons (Fsp3) is 0.625. The Morgan fingerprint density at radius 1 is 0.833 bits per heavy atom. The van der Waals surface area contributed by atoms with Crippen LogP contribution in [0.15, 0.2) is 30.3 Å². The standard InChI is InChI=1S/C10H21.C6H6O.Bi.H/c1-3-5-7-9-10-8-6-4-2;7-6-4-2-1-3-5-6;;/h1,3-10H2,2H3;1-5,7H;;/q;;+1;/p-1. The molecule has 0 radical (unpaired) electrons. The average molecular weight is 444 g/mol. The van der Waals surface area contributed by atoms with Crippen molar-refractivity contribution in [3.05, 3.63) is 30.3 Å². The van der Waals surface area contributed by atoms with Crippen LogP contribution in [-0.2, 0) is 0 Å². The fourth-order valence-electron chi connectivity index (χ4n) is 1.95. The van der Waals surface area contributed by atoms with Gasteiger partial charge in [0.15, 0.2) is 0 Å². The summed E-state index contributed by atoms with van der Waals surface area (Å²) < 4.78 is 7.24. The molecule has 1 rings (SSSR count). The Bertz CT molecular complexity index is 274. The zero-order valence-corrected chi connectivity index (χ0v) is 15.5. The zero-order chi connectivity index (χ0) is 12.9. The normalized spacial score (nSPS) is 10.5. The molecule has 0 unspecified atom stereocenters. The van der Waals surface area contributed by atoms with Crippen molar-refractivity contribution >= 4 is 23.7 Å². The molecular formula is C16H27BiO. The number of unbranched alkanes of at least 4 members (excludes halogenated alkanes) is 7. The first-order valence-corrected chi connectivity index (χ1v) is 11.7. The fourth-order valence-corrected chi connectivity index (χ4v) is 5.06. The molecule has 18 heavy (non-hydrogen) atoms. The summed E-state index contributed by atoms with van der Waals surface area (Å²) in [7, 11) is 0. The van der Waals surface area contributed by atoms with E-state index in [1.54, 1.807) is 0 Å². The van der Waals surface area contributed by atoms with E-state index in [2.05, 4.69) is 31.2 Å². The Morgan fingerprint density at radius 2 is 1.44 bits per heavy atom. The average Bonchev–Trinajstić information content (AvgIpc) is 2.42. The van der Waals surface area contributed by atoms with Gasteiger partial charge in [0.1, 0.15) is 0 Å². The molecule has 0 amide bonds. The Kier molecular flexibility index (Phi) is 10.6. The molecule has 1 nitrogen and oxygen atoms in total. The SMILES string of the molecule is CCCCCCCCC[CH2][BiH][O]c1ccccc1. The maximum absolute atomic E-state index is 5.86. The second-order valence-electron chi connectivity index (χ2n) is 4.78. The van der Waals surface area contributed by atoms with Gasteiger partial charge >= 0.3 is 125 Å². The molecule has 0 saturated heterocycles. The number of para-hydroxylation sites is 1. The summed E-state index contributed by atoms with van der Waals surface area (Å²) in [5, 5.41) is 0. The Hall–Kier alpha value is -0.0969. The van der Waals surface area contributed by atoms with Gasteiger partial charge in [-0.3, -0.25) is 0 Å². The van der Waals surface area contributed by atoms with Crippen LogP contribution in [0, 0.1) is 0 Å². The first-order valence-electron chi connectivity index (χ1n) is 7.38. The molecule has 0 aromatic heterocycles. The van der Waals surface area contributed by atoms with Crippen LogP contribution >= 0.6 is 0 Å². The summed E-state index contributed by atoms with van der Waals surface area (Å²) in [5.74, 6) is 1.08. The van der Waals surface area contributed by atoms with Crippen molar-refractivity contribution in [2.45, 2.75) is 62.4 Å². The molecule has 0 fully saturated rings. The Morgan fingerprint density at radius 3 is 2.11 bits per heavy atom. The van der Waals surface area contributed by atoms with Gasteiger partial charge in [0.2, 0.25) is 0 Å². The third kappa shape index (κ3) is 8.92. The molecule has 0 aliphatic carbocycles. The van der Waals surface area contributed by atoms with Crippen LogP contribution in [-0.4, -0.2) is 23.7 Å². The van der Waals surface area contributed by atoms with E-state index < -0.39 is 23.7 Å². The number of benzene rings is 1. The minimum atomic E-state index is -0.813. The third-order valence-electron chi connectivity index (χ3n) is 3.07. The van der Waals surface area contributed by atoms with Gasteiger partial charge < -0.3 is 0 Å². The number of hydrogen-bond donors (Lipinski definition) is 0. The molecule has 1 aromatic rings. The van der Waals surface area contributed by atoms with E-state index in [1.807, 2.05) is 6.07 Å². The van der Waals surface area contributed by atoms with Crippen LogP contribution in [0.3, 0.4) is 0 Å². The molecule has 102 valence electrons. The number of hydrogen-bond acceptors (Lipinski definition) is 1. The molecule has 0 heterocycles. The van der Waals surface area contributed by atoms with E-state index in [9.17, 15) is 0 Å². The molecule has 0 atom stereocenters. The van der Waals surface area contributed by atoms with Crippen molar-refractivity contribution < 1.29 is 2.81 Å². The molecule has 0 bridgehead atoms. The molecule has 0 aliphatic heterocycles. The van der Waals surface area contributed by atoms with Crippen LogP contribution in [0.1, 0.15) is 58.3 Å². The molecule has 2 heteroatoms. The minimum absolute atomic E-state index is 0.813. The van der Waals surface area contributed by atoms with Crippen molar-refractivity contribution in [3.8, 4) is 5.75 Å². The van der Waals surface area contributed by atoms with Crippen molar-refractivity contribution in [3.63, 3.8) is 0 Å². The maximum atomic E-state index is 5.86. The van der Waals surface area contributed by atoms with Gasteiger partial charge in [-0.15, -0.1) is 0 Å². The summed E-state index contributed by atoms with van der Waals surface area (Å²) in [6.07, 6.45) is 11.3. The summed E-state index contributed by atoms with van der Waals surface area (Å²) in [5.41, 5.74) is 0. The molecule has 0 spiro atoms. The molecule has 0 aliphatic rings. The molecular weight excluding hydrogens is 417 g/mol. The van der Waals surface area contributed by atoms with Crippen molar-refractivity contribution in [2.24, 2.45) is 0 Å². The predicted molar refractivity (Wildman–Crippen MR) is 81.6 cm³/mol. The summed E-state index contributed by atoms with van der Waals surface area (Å²) >= 11 is -0.813. The quantitative estimate of drug-likeness (QED) is 0.346. The summed E-state index contributed by atoms with van der Waals surface area (Å²) in [4.78, 5) is 0. The monoisotopic (exact) mass is 444 g/mol. The molecule has 0 N–H and O–H groups in total. The van der Waals surface area contributed by atoms with Gasteiger partial charge in [0.25, 0.3) is 0 Å². The summed E-state index contributed by atoms with van der Waals surface area (Å²) in [6, 6.07) is 10.3. The van der Waals surface area contributed by atoms with Gasteiger partial charge in [-0.05, 0) is 0 Å². The number of rotatable bonds is 11. The Labute approximate surface area is 125 Å². The van der Waals surface area contributed by atoms with E-state index in [1.165, 1.54) is 55.5 Å². The second-order valence-corrected chi connectivity index (χ2v) is 8.64. The van der Waals surface area contributed by atoms with Crippen LogP contribution < -0.4 is 2.81 Å². The topological polar surface area (TPSA) is 9.23 Å². The third-order valence-corrected chi connectivity index (χ3v) is 6.71. The van der Waals surface area contributed by atoms with Crippen LogP contribution in [0.2, 0.25) is 4.13 Å². The van der Waals surface area contributed by atoms with Gasteiger partial charge in [-0.25, -0.2) is 0 Å². The van der Waals surface area contributed by atoms with Crippen molar-refractivity contribution in [1.82, 2.24) is 0 Å². The van der Waals surface area contributed by atoms with Crippen molar-refractivity contribution in [1.29, 1.82) is 0 Å². The van der Waals surface area contributed by atoms with Crippen LogP contribution in [0.25, 0.3) is 0 Å². The first-order chi connectivity index (χ1) is 8.93. The second kappa shape index (κ2) is 12.0. The van der Waals surface area contributed by atoms with Gasteiger partial charge in [-0.2, -0.15) is 0 Å². The van der Waals surface area contributed by atoms with Gasteiger partial charge in [0, 0.05) is 0 Å². The Balaban J connectivity index is 1.82. The van der Waals surface area contributed by atoms with E-state index in [4.69, 9.17) is 2.81 Å². The van der Waals surface area contributed by atoms with Gasteiger partial charge in [0.05, 0.1) is 0 Å². The van der Waals surface area contributed by atoms with Crippen LogP contribution in [0.5, 0.6) is 5.75 Å². The van der Waals surface area contributed by atoms with Gasteiger partial charge in [-0.1, -0.05) is 0 Å². The zero-order valence-electron chi connectivity index (χ0n) is 11.7. The first kappa shape index (κ1) is 16.0. The van der Waals surface area contributed by atoms with E-state index in [0.29, 0.717) is 0 Å². The van der Waals surface area contributed by atoms with E-state index >= 15 is 0 Å². The van der Waals surface area contributed by atoms with Crippen LogP contribution in [0.4, 0.5) is 0 Å². The van der Waals surface area contributed by atoms with E-state index in [-0.39, 0.29) is 0 Å². The summed E-state index contributed by atoms with van der Waals surface area (Å²) in [6.45, 7) is 2.28. The predicted octanol–water partition coefficient (Wildman–Crippen LogP) is 4.98. The molecule has 0 saturated carbocycles. The van der Waals surface area contributed by atoms with Crippen molar-refractivity contribution in [2.75, 3.05) is 0 Å². The molecule has 1 aromatic carbocycles.